The molecule has 0 aliphatic carbocycles. The van der Waals surface area contributed by atoms with Gasteiger partial charge in [0.1, 0.15) is 12.0 Å². The number of ether oxygens (including phenoxy) is 1. The van der Waals surface area contributed by atoms with Gasteiger partial charge in [0, 0.05) is 6.61 Å². The summed E-state index contributed by atoms with van der Waals surface area (Å²) in [5.41, 5.74) is -0.926. The van der Waals surface area contributed by atoms with E-state index in [-0.39, 0.29) is 0 Å². The number of carbonyl (C=O) groups is 1. The van der Waals surface area contributed by atoms with Gasteiger partial charge in [-0.25, -0.2) is 9.78 Å². The lowest BCUT2D eigenvalue weighted by molar-refractivity contribution is -0.161. The Kier molecular flexibility index (Phi) is 1.81. The standard InChI is InChI=1S/C8H9NO4/c10-7(11)8(2-1-3-13-8)6-4-12-5-9-6/h4-5H,1-3H2,(H,10,11). The van der Waals surface area contributed by atoms with Crippen LogP contribution in [0.3, 0.4) is 0 Å². The van der Waals surface area contributed by atoms with Crippen LogP contribution < -0.4 is 0 Å². The minimum Gasteiger partial charge on any atom is -0.479 e. The van der Waals surface area contributed by atoms with E-state index in [0.29, 0.717) is 18.7 Å². The fourth-order valence-corrected chi connectivity index (χ4v) is 1.53. The third kappa shape index (κ3) is 1.12. The maximum absolute atomic E-state index is 11.0. The highest BCUT2D eigenvalue weighted by molar-refractivity contribution is 5.79. The summed E-state index contributed by atoms with van der Waals surface area (Å²) in [6, 6.07) is 0. The highest BCUT2D eigenvalue weighted by atomic mass is 16.5. The molecule has 1 atom stereocenters. The van der Waals surface area contributed by atoms with Gasteiger partial charge in [-0.1, -0.05) is 0 Å². The minimum absolute atomic E-state index is 0.345. The number of hydrogen-bond donors (Lipinski definition) is 1. The summed E-state index contributed by atoms with van der Waals surface area (Å²) in [5.74, 6) is -1.00. The predicted molar refractivity (Wildman–Crippen MR) is 41.0 cm³/mol. The van der Waals surface area contributed by atoms with Gasteiger partial charge in [0.05, 0.1) is 0 Å². The highest BCUT2D eigenvalue weighted by Crippen LogP contribution is 2.35. The molecule has 2 heterocycles. The molecule has 0 radical (unpaired) electrons. The van der Waals surface area contributed by atoms with Crippen molar-refractivity contribution in [3.63, 3.8) is 0 Å². The molecular formula is C8H9NO4. The number of aromatic nitrogens is 1. The number of oxazole rings is 1. The van der Waals surface area contributed by atoms with Crippen LogP contribution >= 0.6 is 0 Å². The molecule has 5 heteroatoms. The Balaban J connectivity index is 2.39. The second-order valence-electron chi connectivity index (χ2n) is 2.96. The molecule has 0 saturated carbocycles. The monoisotopic (exact) mass is 183 g/mol. The lowest BCUT2D eigenvalue weighted by atomic mass is 9.97. The minimum atomic E-state index is -1.27. The SMILES string of the molecule is O=C(O)C1(c2cocn2)CCCO1. The first-order chi connectivity index (χ1) is 6.26. The molecule has 0 bridgehead atoms. The molecule has 1 aromatic heterocycles. The van der Waals surface area contributed by atoms with E-state index in [9.17, 15) is 4.79 Å². The molecule has 1 unspecified atom stereocenters. The quantitative estimate of drug-likeness (QED) is 0.732. The van der Waals surface area contributed by atoms with Crippen molar-refractivity contribution in [2.75, 3.05) is 6.61 Å². The Bertz CT molecular complexity index is 300. The van der Waals surface area contributed by atoms with Gasteiger partial charge in [-0.2, -0.15) is 0 Å². The molecule has 2 rings (SSSR count). The van der Waals surface area contributed by atoms with Crippen molar-refractivity contribution in [2.45, 2.75) is 18.4 Å². The Morgan fingerprint density at radius 3 is 3.00 bits per heavy atom. The smallest absolute Gasteiger partial charge is 0.342 e. The Hall–Kier alpha value is -1.36. The summed E-state index contributed by atoms with van der Waals surface area (Å²) < 4.78 is 9.97. The number of carboxylic acids is 1. The van der Waals surface area contributed by atoms with E-state index in [2.05, 4.69) is 4.98 Å². The molecule has 5 nitrogen and oxygen atoms in total. The van der Waals surface area contributed by atoms with E-state index >= 15 is 0 Å². The van der Waals surface area contributed by atoms with Gasteiger partial charge in [0.15, 0.2) is 6.39 Å². The lowest BCUT2D eigenvalue weighted by Gasteiger charge is -2.19. The van der Waals surface area contributed by atoms with Gasteiger partial charge in [-0.3, -0.25) is 0 Å². The number of carboxylic acid groups (broad SMARTS) is 1. The largest absolute Gasteiger partial charge is 0.479 e. The molecule has 0 spiro atoms. The second kappa shape index (κ2) is 2.85. The van der Waals surface area contributed by atoms with Crippen LogP contribution in [0.2, 0.25) is 0 Å². The molecule has 1 aliphatic heterocycles. The van der Waals surface area contributed by atoms with Crippen molar-refractivity contribution in [1.29, 1.82) is 0 Å². The third-order valence-electron chi connectivity index (χ3n) is 2.21. The summed E-state index contributed by atoms with van der Waals surface area (Å²) in [6.07, 6.45) is 3.72. The van der Waals surface area contributed by atoms with Crippen LogP contribution in [0.1, 0.15) is 18.5 Å². The lowest BCUT2D eigenvalue weighted by Crippen LogP contribution is -2.35. The van der Waals surface area contributed by atoms with Crippen LogP contribution in [-0.2, 0) is 15.1 Å². The zero-order valence-corrected chi connectivity index (χ0v) is 6.90. The van der Waals surface area contributed by atoms with Crippen LogP contribution in [0, 0.1) is 0 Å². The predicted octanol–water partition coefficient (Wildman–Crippen LogP) is 0.765. The van der Waals surface area contributed by atoms with Crippen molar-refractivity contribution in [3.05, 3.63) is 18.4 Å². The van der Waals surface area contributed by atoms with E-state index in [1.807, 2.05) is 0 Å². The fourth-order valence-electron chi connectivity index (χ4n) is 1.53. The summed E-state index contributed by atoms with van der Waals surface area (Å²) >= 11 is 0. The number of nitrogens with zero attached hydrogens (tertiary/aromatic N) is 1. The van der Waals surface area contributed by atoms with Crippen molar-refractivity contribution in [3.8, 4) is 0 Å². The van der Waals surface area contributed by atoms with Crippen LogP contribution in [0.5, 0.6) is 0 Å². The topological polar surface area (TPSA) is 72.6 Å². The Morgan fingerprint density at radius 2 is 2.54 bits per heavy atom. The summed E-state index contributed by atoms with van der Waals surface area (Å²) in [6.45, 7) is 0.458. The molecule has 1 aromatic rings. The van der Waals surface area contributed by atoms with Crippen LogP contribution in [0.15, 0.2) is 17.1 Å². The van der Waals surface area contributed by atoms with Crippen molar-refractivity contribution in [2.24, 2.45) is 0 Å². The number of rotatable bonds is 2. The summed E-state index contributed by atoms with van der Waals surface area (Å²) in [5, 5.41) is 9.03. The van der Waals surface area contributed by atoms with Gasteiger partial charge in [0.2, 0.25) is 5.60 Å². The average molecular weight is 183 g/mol. The van der Waals surface area contributed by atoms with E-state index < -0.39 is 11.6 Å². The van der Waals surface area contributed by atoms with Crippen molar-refractivity contribution < 1.29 is 19.1 Å². The first-order valence-electron chi connectivity index (χ1n) is 4.02. The molecule has 1 aliphatic rings. The van der Waals surface area contributed by atoms with E-state index in [4.69, 9.17) is 14.3 Å². The van der Waals surface area contributed by atoms with Crippen LogP contribution in [0.25, 0.3) is 0 Å². The maximum Gasteiger partial charge on any atom is 0.342 e. The maximum atomic E-state index is 11.0. The first-order valence-corrected chi connectivity index (χ1v) is 4.02. The normalized spacial score (nSPS) is 27.7. The molecule has 1 saturated heterocycles. The Morgan fingerprint density at radius 1 is 1.69 bits per heavy atom. The Labute approximate surface area is 74.3 Å². The molecule has 70 valence electrons. The zero-order chi connectivity index (χ0) is 9.31. The van der Waals surface area contributed by atoms with Crippen LogP contribution in [-0.4, -0.2) is 22.7 Å². The first kappa shape index (κ1) is 8.25. The molecule has 0 amide bonds. The van der Waals surface area contributed by atoms with Gasteiger partial charge in [0.25, 0.3) is 0 Å². The van der Waals surface area contributed by atoms with E-state index in [1.165, 1.54) is 12.7 Å². The van der Waals surface area contributed by atoms with E-state index in [1.54, 1.807) is 0 Å². The van der Waals surface area contributed by atoms with Crippen molar-refractivity contribution >= 4 is 5.97 Å². The fraction of sp³-hybridized carbons (Fsp3) is 0.500. The van der Waals surface area contributed by atoms with Crippen molar-refractivity contribution in [1.82, 2.24) is 4.98 Å². The molecule has 1 N–H and O–H groups in total. The van der Waals surface area contributed by atoms with Gasteiger partial charge < -0.3 is 14.3 Å². The number of hydrogen-bond acceptors (Lipinski definition) is 4. The van der Waals surface area contributed by atoms with Gasteiger partial charge in [-0.05, 0) is 12.8 Å². The van der Waals surface area contributed by atoms with Gasteiger partial charge in [-0.15, -0.1) is 0 Å². The molecule has 0 aromatic carbocycles. The summed E-state index contributed by atoms with van der Waals surface area (Å²) in [4.78, 5) is 14.8. The number of aliphatic carboxylic acids is 1. The zero-order valence-electron chi connectivity index (χ0n) is 6.90. The average Bonchev–Trinajstić information content (AvgIpc) is 2.75. The summed E-state index contributed by atoms with van der Waals surface area (Å²) in [7, 11) is 0. The van der Waals surface area contributed by atoms with E-state index in [0.717, 1.165) is 6.42 Å². The molecular weight excluding hydrogens is 174 g/mol. The third-order valence-corrected chi connectivity index (χ3v) is 2.21. The van der Waals surface area contributed by atoms with Crippen LogP contribution in [0.4, 0.5) is 0 Å². The molecule has 1 fully saturated rings. The molecule has 13 heavy (non-hydrogen) atoms. The highest BCUT2D eigenvalue weighted by Gasteiger charge is 2.46. The second-order valence-corrected chi connectivity index (χ2v) is 2.96. The van der Waals surface area contributed by atoms with Gasteiger partial charge >= 0.3 is 5.97 Å².